The first-order valence-corrected chi connectivity index (χ1v) is 12.8. The summed E-state index contributed by atoms with van der Waals surface area (Å²) in [6.07, 6.45) is 1.69. The summed E-state index contributed by atoms with van der Waals surface area (Å²) < 4.78 is 16.7. The van der Waals surface area contributed by atoms with Crippen LogP contribution < -0.4 is 14.8 Å². The first kappa shape index (κ1) is 24.3. The number of hydrogen-bond donors (Lipinski definition) is 1. The molecule has 0 saturated carbocycles. The summed E-state index contributed by atoms with van der Waals surface area (Å²) in [5.41, 5.74) is 0.526. The molecule has 1 unspecified atom stereocenters. The van der Waals surface area contributed by atoms with Crippen LogP contribution in [0.1, 0.15) is 18.7 Å². The number of nitrogens with one attached hydrogen (secondary N) is 1. The van der Waals surface area contributed by atoms with Gasteiger partial charge in [0.15, 0.2) is 5.75 Å². The molecule has 36 heavy (non-hydrogen) atoms. The second-order valence-electron chi connectivity index (χ2n) is 8.47. The normalized spacial score (nSPS) is 16.0. The van der Waals surface area contributed by atoms with Gasteiger partial charge in [-0.15, -0.1) is 11.3 Å². The SMILES string of the molecule is COc1ccc(Oc2ccc(Cl)cc2NC(=O)C2CCCN(Cc3nc(-c4cccs4)no3)C2)cc1. The fourth-order valence-electron chi connectivity index (χ4n) is 4.12. The van der Waals surface area contributed by atoms with E-state index in [2.05, 4.69) is 20.4 Å². The van der Waals surface area contributed by atoms with E-state index in [1.807, 2.05) is 29.6 Å². The highest BCUT2D eigenvalue weighted by Gasteiger charge is 2.28. The molecule has 1 aliphatic heterocycles. The molecule has 0 bridgehead atoms. The van der Waals surface area contributed by atoms with Gasteiger partial charge in [-0.1, -0.05) is 22.8 Å². The Kier molecular flexibility index (Phi) is 7.50. The van der Waals surface area contributed by atoms with Gasteiger partial charge in [0.1, 0.15) is 11.5 Å². The average molecular weight is 525 g/mol. The Morgan fingerprint density at radius 3 is 2.83 bits per heavy atom. The van der Waals surface area contributed by atoms with Crippen LogP contribution in [0.4, 0.5) is 5.69 Å². The highest BCUT2D eigenvalue weighted by Crippen LogP contribution is 2.33. The lowest BCUT2D eigenvalue weighted by Gasteiger charge is -2.31. The molecule has 2 aromatic heterocycles. The van der Waals surface area contributed by atoms with E-state index >= 15 is 0 Å². The molecular weight excluding hydrogens is 500 g/mol. The van der Waals surface area contributed by atoms with E-state index in [-0.39, 0.29) is 11.8 Å². The predicted octanol–water partition coefficient (Wildman–Crippen LogP) is 6.10. The van der Waals surface area contributed by atoms with Crippen molar-refractivity contribution in [3.05, 3.63) is 70.9 Å². The lowest BCUT2D eigenvalue weighted by atomic mass is 9.97. The number of likely N-dealkylation sites (tertiary alicyclic amines) is 1. The van der Waals surface area contributed by atoms with Crippen LogP contribution in [-0.2, 0) is 11.3 Å². The first-order chi connectivity index (χ1) is 17.6. The summed E-state index contributed by atoms with van der Waals surface area (Å²) in [5, 5.41) is 9.59. The number of anilines is 1. The number of carbonyl (C=O) groups is 1. The molecule has 5 rings (SSSR count). The van der Waals surface area contributed by atoms with Crippen molar-refractivity contribution in [2.45, 2.75) is 19.4 Å². The number of piperidine rings is 1. The fraction of sp³-hybridized carbons (Fsp3) is 0.269. The Bertz CT molecular complexity index is 1310. The Morgan fingerprint density at radius 1 is 1.22 bits per heavy atom. The van der Waals surface area contributed by atoms with Crippen molar-refractivity contribution in [3.63, 3.8) is 0 Å². The van der Waals surface area contributed by atoms with Gasteiger partial charge < -0.3 is 19.3 Å². The lowest BCUT2D eigenvalue weighted by molar-refractivity contribution is -0.121. The molecule has 186 valence electrons. The number of rotatable bonds is 8. The minimum Gasteiger partial charge on any atom is -0.497 e. The minimum atomic E-state index is -0.189. The molecule has 3 heterocycles. The number of aromatic nitrogens is 2. The van der Waals surface area contributed by atoms with Crippen molar-refractivity contribution in [3.8, 4) is 28.0 Å². The summed E-state index contributed by atoms with van der Waals surface area (Å²) in [4.78, 5) is 20.9. The molecule has 1 fully saturated rings. The Labute approximate surface area is 217 Å². The van der Waals surface area contributed by atoms with Gasteiger partial charge in [-0.2, -0.15) is 4.98 Å². The monoisotopic (exact) mass is 524 g/mol. The quantitative estimate of drug-likeness (QED) is 0.297. The number of methoxy groups -OCH3 is 1. The van der Waals surface area contributed by atoms with E-state index in [0.717, 1.165) is 30.0 Å². The van der Waals surface area contributed by atoms with Crippen molar-refractivity contribution in [2.24, 2.45) is 5.92 Å². The summed E-state index contributed by atoms with van der Waals surface area (Å²) in [6.45, 7) is 1.96. The van der Waals surface area contributed by atoms with Gasteiger partial charge in [0.25, 0.3) is 0 Å². The van der Waals surface area contributed by atoms with E-state index < -0.39 is 0 Å². The van der Waals surface area contributed by atoms with Gasteiger partial charge in [0, 0.05) is 11.6 Å². The van der Waals surface area contributed by atoms with Crippen LogP contribution in [0.25, 0.3) is 10.7 Å². The van der Waals surface area contributed by atoms with Crippen LogP contribution in [0.2, 0.25) is 5.02 Å². The molecule has 2 aromatic carbocycles. The number of nitrogens with zero attached hydrogens (tertiary/aromatic N) is 3. The standard InChI is InChI=1S/C26H25ClN4O4S/c1-33-19-7-9-20(10-8-19)34-22-11-6-18(27)14-21(22)28-26(32)17-4-2-12-31(15-17)16-24-29-25(30-35-24)23-5-3-13-36-23/h3,5-11,13-14,17H,2,4,12,15-16H2,1H3,(H,28,32). The van der Waals surface area contributed by atoms with Crippen molar-refractivity contribution < 1.29 is 18.8 Å². The highest BCUT2D eigenvalue weighted by atomic mass is 35.5. The van der Waals surface area contributed by atoms with Gasteiger partial charge in [-0.25, -0.2) is 0 Å². The molecule has 8 nitrogen and oxygen atoms in total. The molecule has 0 radical (unpaired) electrons. The third kappa shape index (κ3) is 5.87. The van der Waals surface area contributed by atoms with E-state index in [4.69, 9.17) is 25.6 Å². The molecule has 10 heteroatoms. The third-order valence-corrected chi connectivity index (χ3v) is 7.03. The number of ether oxygens (including phenoxy) is 2. The Balaban J connectivity index is 1.23. The fourth-order valence-corrected chi connectivity index (χ4v) is 4.95. The van der Waals surface area contributed by atoms with Gasteiger partial charge in [0.2, 0.25) is 17.6 Å². The van der Waals surface area contributed by atoms with Crippen LogP contribution in [0.3, 0.4) is 0 Å². The molecule has 1 saturated heterocycles. The van der Waals surface area contributed by atoms with E-state index in [1.54, 1.807) is 48.8 Å². The summed E-state index contributed by atoms with van der Waals surface area (Å²) in [5.74, 6) is 2.74. The van der Waals surface area contributed by atoms with Crippen LogP contribution >= 0.6 is 22.9 Å². The molecule has 0 spiro atoms. The molecule has 1 atom stereocenters. The molecule has 1 N–H and O–H groups in total. The van der Waals surface area contributed by atoms with E-state index in [0.29, 0.717) is 47.0 Å². The minimum absolute atomic E-state index is 0.0775. The lowest BCUT2D eigenvalue weighted by Crippen LogP contribution is -2.40. The van der Waals surface area contributed by atoms with Crippen LogP contribution in [-0.4, -0.2) is 41.1 Å². The number of carbonyl (C=O) groups excluding carboxylic acids is 1. The van der Waals surface area contributed by atoms with Crippen molar-refractivity contribution in [2.75, 3.05) is 25.5 Å². The van der Waals surface area contributed by atoms with Crippen LogP contribution in [0.5, 0.6) is 17.2 Å². The van der Waals surface area contributed by atoms with Crippen molar-refractivity contribution in [1.82, 2.24) is 15.0 Å². The van der Waals surface area contributed by atoms with Crippen molar-refractivity contribution >= 4 is 34.5 Å². The number of thiophene rings is 1. The number of benzene rings is 2. The molecular formula is C26H25ClN4O4S. The topological polar surface area (TPSA) is 89.7 Å². The summed E-state index contributed by atoms with van der Waals surface area (Å²) in [7, 11) is 1.61. The van der Waals surface area contributed by atoms with Crippen LogP contribution in [0.15, 0.2) is 64.5 Å². The van der Waals surface area contributed by atoms with Gasteiger partial charge in [0.05, 0.1) is 30.1 Å². The van der Waals surface area contributed by atoms with Gasteiger partial charge >= 0.3 is 0 Å². The molecule has 0 aliphatic carbocycles. The summed E-state index contributed by atoms with van der Waals surface area (Å²) in [6, 6.07) is 16.3. The maximum atomic E-state index is 13.2. The average Bonchev–Trinajstić information content (AvgIpc) is 3.59. The zero-order chi connectivity index (χ0) is 24.9. The Morgan fingerprint density at radius 2 is 2.06 bits per heavy atom. The largest absolute Gasteiger partial charge is 0.497 e. The smallest absolute Gasteiger partial charge is 0.241 e. The predicted molar refractivity (Wildman–Crippen MR) is 139 cm³/mol. The number of hydrogen-bond acceptors (Lipinski definition) is 8. The Hall–Kier alpha value is -3.40. The first-order valence-electron chi connectivity index (χ1n) is 11.6. The second-order valence-corrected chi connectivity index (χ2v) is 9.85. The third-order valence-electron chi connectivity index (χ3n) is 5.93. The van der Waals surface area contributed by atoms with E-state index in [1.165, 1.54) is 0 Å². The van der Waals surface area contributed by atoms with E-state index in [9.17, 15) is 4.79 Å². The number of amides is 1. The highest BCUT2D eigenvalue weighted by molar-refractivity contribution is 7.13. The maximum absolute atomic E-state index is 13.2. The molecule has 1 amide bonds. The number of halogens is 1. The maximum Gasteiger partial charge on any atom is 0.241 e. The molecule has 1 aliphatic rings. The van der Waals surface area contributed by atoms with Crippen molar-refractivity contribution in [1.29, 1.82) is 0 Å². The summed E-state index contributed by atoms with van der Waals surface area (Å²) >= 11 is 7.79. The van der Waals surface area contributed by atoms with Gasteiger partial charge in [-0.3, -0.25) is 9.69 Å². The second kappa shape index (κ2) is 11.1. The zero-order valence-corrected chi connectivity index (χ0v) is 21.2. The van der Waals surface area contributed by atoms with Crippen LogP contribution in [0, 0.1) is 5.92 Å². The molecule has 4 aromatic rings. The van der Waals surface area contributed by atoms with Gasteiger partial charge in [-0.05, 0) is 73.3 Å². The zero-order valence-electron chi connectivity index (χ0n) is 19.6.